The quantitative estimate of drug-likeness (QED) is 0.330. The van der Waals surface area contributed by atoms with Crippen molar-refractivity contribution in [1.82, 2.24) is 25.5 Å². The highest BCUT2D eigenvalue weighted by Gasteiger charge is 2.30. The van der Waals surface area contributed by atoms with Crippen molar-refractivity contribution in [3.05, 3.63) is 77.9 Å². The molecule has 1 saturated heterocycles. The third-order valence-electron chi connectivity index (χ3n) is 6.40. The van der Waals surface area contributed by atoms with E-state index in [2.05, 4.69) is 49.8 Å². The van der Waals surface area contributed by atoms with Gasteiger partial charge in [-0.2, -0.15) is 13.2 Å². The second-order valence-corrected chi connectivity index (χ2v) is 8.86. The maximum atomic E-state index is 13.0. The number of H-pyrrole nitrogens is 1. The number of rotatable bonds is 7. The molecule has 8 heteroatoms. The van der Waals surface area contributed by atoms with Crippen LogP contribution in [-0.2, 0) is 12.7 Å². The van der Waals surface area contributed by atoms with Crippen molar-refractivity contribution in [2.24, 2.45) is 0 Å². The minimum Gasteiger partial charge on any atom is -0.338 e. The van der Waals surface area contributed by atoms with Crippen molar-refractivity contribution < 1.29 is 13.2 Å². The molecule has 0 atom stereocenters. The van der Waals surface area contributed by atoms with E-state index in [4.69, 9.17) is 0 Å². The summed E-state index contributed by atoms with van der Waals surface area (Å²) in [7, 11) is 0. The van der Waals surface area contributed by atoms with E-state index in [9.17, 15) is 13.2 Å². The van der Waals surface area contributed by atoms with Gasteiger partial charge in [-0.1, -0.05) is 48.5 Å². The van der Waals surface area contributed by atoms with Gasteiger partial charge >= 0.3 is 6.18 Å². The molecule has 0 aliphatic carbocycles. The molecule has 1 aliphatic rings. The van der Waals surface area contributed by atoms with Crippen LogP contribution in [0.3, 0.4) is 0 Å². The molecule has 1 aliphatic heterocycles. The van der Waals surface area contributed by atoms with Crippen LogP contribution in [0.5, 0.6) is 0 Å². The van der Waals surface area contributed by atoms with Gasteiger partial charge in [-0.05, 0) is 34.9 Å². The van der Waals surface area contributed by atoms with Gasteiger partial charge in [-0.25, -0.2) is 4.98 Å². The van der Waals surface area contributed by atoms with E-state index in [1.807, 2.05) is 24.3 Å². The lowest BCUT2D eigenvalue weighted by molar-refractivity contribution is -0.137. The zero-order chi connectivity index (χ0) is 24.3. The second-order valence-electron chi connectivity index (χ2n) is 8.86. The Hall–Kier alpha value is -3.20. The number of nitrogens with zero attached hydrogens (tertiary/aromatic N) is 2. The Kier molecular flexibility index (Phi) is 6.86. The van der Waals surface area contributed by atoms with E-state index in [0.29, 0.717) is 16.9 Å². The van der Waals surface area contributed by atoms with Gasteiger partial charge in [0.25, 0.3) is 0 Å². The predicted molar refractivity (Wildman–Crippen MR) is 133 cm³/mol. The van der Waals surface area contributed by atoms with E-state index in [-0.39, 0.29) is 0 Å². The molecule has 0 radical (unpaired) electrons. The molecule has 0 unspecified atom stereocenters. The van der Waals surface area contributed by atoms with Crippen molar-refractivity contribution in [1.29, 1.82) is 0 Å². The Morgan fingerprint density at radius 2 is 1.51 bits per heavy atom. The molecule has 3 N–H and O–H groups in total. The Morgan fingerprint density at radius 1 is 0.857 bits per heavy atom. The van der Waals surface area contributed by atoms with E-state index in [1.54, 1.807) is 0 Å². The number of benzene rings is 3. The van der Waals surface area contributed by atoms with Crippen LogP contribution in [0.4, 0.5) is 13.2 Å². The first-order valence-electron chi connectivity index (χ1n) is 11.9. The van der Waals surface area contributed by atoms with Crippen LogP contribution in [0.15, 0.2) is 66.7 Å². The Bertz CT molecular complexity index is 1260. The van der Waals surface area contributed by atoms with Crippen LogP contribution in [-0.4, -0.2) is 54.1 Å². The van der Waals surface area contributed by atoms with Gasteiger partial charge in [0.05, 0.1) is 16.6 Å². The molecule has 1 aromatic heterocycles. The van der Waals surface area contributed by atoms with Crippen LogP contribution in [0.25, 0.3) is 33.5 Å². The third kappa shape index (κ3) is 5.73. The molecule has 182 valence electrons. The van der Waals surface area contributed by atoms with Crippen LogP contribution in [0.1, 0.15) is 11.1 Å². The van der Waals surface area contributed by atoms with Crippen LogP contribution in [0.2, 0.25) is 0 Å². The summed E-state index contributed by atoms with van der Waals surface area (Å²) >= 11 is 0. The summed E-state index contributed by atoms with van der Waals surface area (Å²) in [4.78, 5) is 9.94. The van der Waals surface area contributed by atoms with E-state index < -0.39 is 11.7 Å². The number of aromatic amines is 1. The largest absolute Gasteiger partial charge is 0.416 e. The van der Waals surface area contributed by atoms with E-state index in [1.165, 1.54) is 11.6 Å². The molecule has 1 fully saturated rings. The molecular formula is C27H28F3N5. The maximum absolute atomic E-state index is 13.0. The standard InChI is InChI=1S/C27H28F3N5/c28-27(29,30)23-9-10-24-25(17-23)34-26(33-24)22-7-5-21(6-8-22)20-3-1-19(2-4-20)18-32-13-16-35-14-11-31-12-15-35/h1-10,17,31-32H,11-16,18H2,(H,33,34). The highest BCUT2D eigenvalue weighted by Crippen LogP contribution is 2.32. The number of imidazole rings is 1. The Morgan fingerprint density at radius 3 is 2.20 bits per heavy atom. The number of nitrogens with one attached hydrogen (secondary N) is 3. The highest BCUT2D eigenvalue weighted by molar-refractivity contribution is 5.80. The summed E-state index contributed by atoms with van der Waals surface area (Å²) in [5.74, 6) is 0.549. The summed E-state index contributed by atoms with van der Waals surface area (Å²) in [6, 6.07) is 19.9. The Labute approximate surface area is 202 Å². The normalized spacial score (nSPS) is 15.1. The highest BCUT2D eigenvalue weighted by atomic mass is 19.4. The van der Waals surface area contributed by atoms with Crippen LogP contribution < -0.4 is 10.6 Å². The smallest absolute Gasteiger partial charge is 0.338 e. The average Bonchev–Trinajstić information content (AvgIpc) is 3.31. The molecule has 0 spiro atoms. The molecule has 35 heavy (non-hydrogen) atoms. The van der Waals surface area contributed by atoms with E-state index in [0.717, 1.165) is 74.6 Å². The molecule has 0 amide bonds. The van der Waals surface area contributed by atoms with Crippen LogP contribution >= 0.6 is 0 Å². The summed E-state index contributed by atoms with van der Waals surface area (Å²) < 4.78 is 38.9. The van der Waals surface area contributed by atoms with Crippen molar-refractivity contribution in [2.75, 3.05) is 39.3 Å². The van der Waals surface area contributed by atoms with Gasteiger partial charge in [0.1, 0.15) is 5.82 Å². The summed E-state index contributed by atoms with van der Waals surface area (Å²) in [5.41, 5.74) is 4.44. The summed E-state index contributed by atoms with van der Waals surface area (Å²) in [5, 5.41) is 6.89. The summed E-state index contributed by atoms with van der Waals surface area (Å²) in [6.45, 7) is 7.26. The fourth-order valence-corrected chi connectivity index (χ4v) is 4.36. The van der Waals surface area contributed by atoms with Crippen molar-refractivity contribution in [3.63, 3.8) is 0 Å². The number of fused-ring (bicyclic) bond motifs is 1. The average molecular weight is 480 g/mol. The van der Waals surface area contributed by atoms with Gasteiger partial charge in [-0.15, -0.1) is 0 Å². The lowest BCUT2D eigenvalue weighted by Gasteiger charge is -2.27. The molecule has 0 bridgehead atoms. The Balaban J connectivity index is 1.20. The predicted octanol–water partition coefficient (Wildman–Crippen LogP) is 4.91. The van der Waals surface area contributed by atoms with Crippen molar-refractivity contribution in [3.8, 4) is 22.5 Å². The fourth-order valence-electron chi connectivity index (χ4n) is 4.36. The zero-order valence-electron chi connectivity index (χ0n) is 19.3. The topological polar surface area (TPSA) is 56.0 Å². The first-order valence-corrected chi connectivity index (χ1v) is 11.9. The molecule has 2 heterocycles. The molecule has 5 nitrogen and oxygen atoms in total. The monoisotopic (exact) mass is 479 g/mol. The first-order chi connectivity index (χ1) is 17.0. The third-order valence-corrected chi connectivity index (χ3v) is 6.40. The van der Waals surface area contributed by atoms with Crippen molar-refractivity contribution >= 4 is 11.0 Å². The maximum Gasteiger partial charge on any atom is 0.416 e. The van der Waals surface area contributed by atoms with Gasteiger partial charge in [-0.3, -0.25) is 4.90 Å². The molecule has 0 saturated carbocycles. The molecule has 4 aromatic rings. The number of piperazine rings is 1. The number of hydrogen-bond acceptors (Lipinski definition) is 4. The minimum atomic E-state index is -4.38. The van der Waals surface area contributed by atoms with Crippen LogP contribution in [0, 0.1) is 0 Å². The number of alkyl halides is 3. The van der Waals surface area contributed by atoms with Gasteiger partial charge in [0.15, 0.2) is 0 Å². The lowest BCUT2D eigenvalue weighted by Crippen LogP contribution is -2.45. The fraction of sp³-hybridized carbons (Fsp3) is 0.296. The van der Waals surface area contributed by atoms with Gasteiger partial charge < -0.3 is 15.6 Å². The van der Waals surface area contributed by atoms with E-state index >= 15 is 0 Å². The first kappa shape index (κ1) is 23.5. The van der Waals surface area contributed by atoms with Crippen molar-refractivity contribution in [2.45, 2.75) is 12.7 Å². The minimum absolute atomic E-state index is 0.371. The number of aromatic nitrogens is 2. The molecule has 5 rings (SSSR count). The second kappa shape index (κ2) is 10.2. The number of hydrogen-bond donors (Lipinski definition) is 3. The lowest BCUT2D eigenvalue weighted by atomic mass is 10.0. The van der Waals surface area contributed by atoms with Gasteiger partial charge in [0.2, 0.25) is 0 Å². The number of halogens is 3. The molecule has 3 aromatic carbocycles. The zero-order valence-corrected chi connectivity index (χ0v) is 19.3. The van der Waals surface area contributed by atoms with Gasteiger partial charge in [0, 0.05) is 51.4 Å². The molecular weight excluding hydrogens is 451 g/mol. The summed E-state index contributed by atoms with van der Waals surface area (Å²) in [6.07, 6.45) is -4.38. The SMILES string of the molecule is FC(F)(F)c1ccc2nc(-c3ccc(-c4ccc(CNCCN5CCNCC5)cc4)cc3)[nH]c2c1.